The maximum Gasteiger partial charge on any atom is 0.339 e. The topological polar surface area (TPSA) is 85.5 Å². The summed E-state index contributed by atoms with van der Waals surface area (Å²) >= 11 is 1.57. The number of nitrogens with one attached hydrogen (secondary N) is 1. The Kier molecular flexibility index (Phi) is 6.14. The van der Waals surface area contributed by atoms with Crippen LogP contribution in [0.2, 0.25) is 0 Å². The van der Waals surface area contributed by atoms with Gasteiger partial charge in [0, 0.05) is 12.1 Å². The predicted molar refractivity (Wildman–Crippen MR) is 94.1 cm³/mol. The molecule has 1 atom stereocenters. The number of rotatable bonds is 7. The molecule has 0 aliphatic heterocycles. The maximum atomic E-state index is 12.6. The Hall–Kier alpha value is -2.41. The van der Waals surface area contributed by atoms with Crippen molar-refractivity contribution >= 4 is 29.1 Å². The summed E-state index contributed by atoms with van der Waals surface area (Å²) in [6.07, 6.45) is -0.141. The number of hydrogen-bond acceptors (Lipinski definition) is 6. The molecule has 7 heteroatoms. The third-order valence-electron chi connectivity index (χ3n) is 3.95. The van der Waals surface area contributed by atoms with Crippen LogP contribution in [0.4, 0.5) is 0 Å². The van der Waals surface area contributed by atoms with Crippen LogP contribution in [0.3, 0.4) is 0 Å². The number of carbonyl (C=O) groups excluding carboxylic acids is 3. The van der Waals surface area contributed by atoms with Crippen LogP contribution in [0.5, 0.6) is 0 Å². The van der Waals surface area contributed by atoms with Gasteiger partial charge in [0.05, 0.1) is 18.4 Å². The van der Waals surface area contributed by atoms with Gasteiger partial charge in [-0.2, -0.15) is 11.3 Å². The SMILES string of the molecule is COC(=O)c1c(C)[nH]c(C(=O)[C@@H](C)OC(=O)CCc2ccsc2)c1C. The molecule has 2 aromatic heterocycles. The molecule has 0 radical (unpaired) electrons. The zero-order valence-corrected chi connectivity index (χ0v) is 15.5. The van der Waals surface area contributed by atoms with E-state index in [0.29, 0.717) is 23.2 Å². The Labute approximate surface area is 150 Å². The first-order chi connectivity index (χ1) is 11.8. The predicted octanol–water partition coefficient (Wildman–Crippen LogP) is 3.23. The van der Waals surface area contributed by atoms with Crippen molar-refractivity contribution in [2.75, 3.05) is 7.11 Å². The summed E-state index contributed by atoms with van der Waals surface area (Å²) in [5.74, 6) is -1.31. The fraction of sp³-hybridized carbons (Fsp3) is 0.389. The van der Waals surface area contributed by atoms with Gasteiger partial charge in [0.25, 0.3) is 0 Å². The van der Waals surface area contributed by atoms with E-state index >= 15 is 0 Å². The molecule has 2 aromatic rings. The minimum absolute atomic E-state index is 0.213. The quantitative estimate of drug-likeness (QED) is 0.603. The van der Waals surface area contributed by atoms with E-state index in [9.17, 15) is 14.4 Å². The van der Waals surface area contributed by atoms with Gasteiger partial charge < -0.3 is 14.5 Å². The van der Waals surface area contributed by atoms with Crippen molar-refractivity contribution in [3.05, 3.63) is 44.9 Å². The lowest BCUT2D eigenvalue weighted by Gasteiger charge is -2.12. The normalized spacial score (nSPS) is 11.8. The molecule has 25 heavy (non-hydrogen) atoms. The number of aryl methyl sites for hydroxylation is 2. The van der Waals surface area contributed by atoms with Gasteiger partial charge in [-0.25, -0.2) is 4.79 Å². The Balaban J connectivity index is 2.02. The molecule has 0 saturated carbocycles. The van der Waals surface area contributed by atoms with Crippen LogP contribution in [0.15, 0.2) is 16.8 Å². The van der Waals surface area contributed by atoms with Gasteiger partial charge in [0.2, 0.25) is 5.78 Å². The van der Waals surface area contributed by atoms with E-state index in [2.05, 4.69) is 4.98 Å². The van der Waals surface area contributed by atoms with E-state index in [0.717, 1.165) is 5.56 Å². The molecule has 2 rings (SSSR count). The van der Waals surface area contributed by atoms with Crippen molar-refractivity contribution in [2.45, 2.75) is 39.7 Å². The van der Waals surface area contributed by atoms with Crippen LogP contribution in [0.1, 0.15) is 51.0 Å². The summed E-state index contributed by atoms with van der Waals surface area (Å²) in [7, 11) is 1.29. The summed E-state index contributed by atoms with van der Waals surface area (Å²) < 4.78 is 9.96. The smallest absolute Gasteiger partial charge is 0.339 e. The molecule has 0 amide bonds. The number of carbonyl (C=O) groups is 3. The Morgan fingerprint density at radius 1 is 1.28 bits per heavy atom. The van der Waals surface area contributed by atoms with Crippen molar-refractivity contribution < 1.29 is 23.9 Å². The van der Waals surface area contributed by atoms with Crippen LogP contribution >= 0.6 is 11.3 Å². The third kappa shape index (κ3) is 4.36. The Bertz CT molecular complexity index is 776. The molecule has 0 unspecified atom stereocenters. The number of hydrogen-bond donors (Lipinski definition) is 1. The first-order valence-electron chi connectivity index (χ1n) is 7.87. The fourth-order valence-corrected chi connectivity index (χ4v) is 3.30. The number of esters is 2. The maximum absolute atomic E-state index is 12.6. The van der Waals surface area contributed by atoms with Crippen molar-refractivity contribution in [2.24, 2.45) is 0 Å². The van der Waals surface area contributed by atoms with Crippen molar-refractivity contribution in [1.82, 2.24) is 4.98 Å². The molecule has 134 valence electrons. The lowest BCUT2D eigenvalue weighted by Crippen LogP contribution is -2.25. The molecule has 0 fully saturated rings. The highest BCUT2D eigenvalue weighted by Crippen LogP contribution is 2.21. The van der Waals surface area contributed by atoms with Gasteiger partial charge in [0.15, 0.2) is 6.10 Å². The van der Waals surface area contributed by atoms with E-state index < -0.39 is 18.0 Å². The van der Waals surface area contributed by atoms with Crippen LogP contribution in [-0.2, 0) is 20.7 Å². The standard InChI is InChI=1S/C18H21NO5S/c1-10-15(18(22)23-4)11(2)19-16(10)17(21)12(3)24-14(20)6-5-13-7-8-25-9-13/h7-9,12,19H,5-6H2,1-4H3/t12-/m1/s1. The second-order valence-electron chi connectivity index (χ2n) is 5.74. The molecule has 1 N–H and O–H groups in total. The van der Waals surface area contributed by atoms with E-state index in [4.69, 9.17) is 9.47 Å². The monoisotopic (exact) mass is 363 g/mol. The highest BCUT2D eigenvalue weighted by atomic mass is 32.1. The number of ketones is 1. The zero-order valence-electron chi connectivity index (χ0n) is 14.7. The molecular weight excluding hydrogens is 342 g/mol. The molecular formula is C18H21NO5S. The van der Waals surface area contributed by atoms with Gasteiger partial charge in [0.1, 0.15) is 0 Å². The van der Waals surface area contributed by atoms with Crippen LogP contribution in [0.25, 0.3) is 0 Å². The second kappa shape index (κ2) is 8.11. The number of aromatic amines is 1. The van der Waals surface area contributed by atoms with Crippen molar-refractivity contribution in [3.63, 3.8) is 0 Å². The molecule has 6 nitrogen and oxygen atoms in total. The summed E-state index contributed by atoms with van der Waals surface area (Å²) in [5, 5.41) is 3.92. The lowest BCUT2D eigenvalue weighted by molar-refractivity contribution is -0.146. The first kappa shape index (κ1) is 18.9. The van der Waals surface area contributed by atoms with Gasteiger partial charge in [-0.15, -0.1) is 0 Å². The number of H-pyrrole nitrogens is 1. The lowest BCUT2D eigenvalue weighted by atomic mass is 10.1. The summed E-state index contributed by atoms with van der Waals surface area (Å²) in [4.78, 5) is 39.2. The fourth-order valence-electron chi connectivity index (χ4n) is 2.60. The zero-order chi connectivity index (χ0) is 18.6. The van der Waals surface area contributed by atoms with Gasteiger partial charge in [-0.3, -0.25) is 9.59 Å². The Morgan fingerprint density at radius 3 is 2.60 bits per heavy atom. The highest BCUT2D eigenvalue weighted by Gasteiger charge is 2.27. The van der Waals surface area contributed by atoms with E-state index in [1.807, 2.05) is 16.8 Å². The molecule has 0 saturated heterocycles. The molecule has 0 bridgehead atoms. The van der Waals surface area contributed by atoms with Gasteiger partial charge >= 0.3 is 11.9 Å². The van der Waals surface area contributed by atoms with E-state index in [-0.39, 0.29) is 17.9 Å². The number of methoxy groups -OCH3 is 1. The van der Waals surface area contributed by atoms with E-state index in [1.165, 1.54) is 14.0 Å². The molecule has 0 aromatic carbocycles. The van der Waals surface area contributed by atoms with Gasteiger partial charge in [-0.1, -0.05) is 0 Å². The van der Waals surface area contributed by atoms with Crippen molar-refractivity contribution in [3.8, 4) is 0 Å². The molecule has 2 heterocycles. The summed E-state index contributed by atoms with van der Waals surface area (Å²) in [6, 6.07) is 1.95. The molecule has 0 aliphatic carbocycles. The number of aromatic nitrogens is 1. The number of ether oxygens (including phenoxy) is 2. The minimum Gasteiger partial charge on any atom is -0.465 e. The van der Waals surface area contributed by atoms with Gasteiger partial charge in [-0.05, 0) is 55.1 Å². The third-order valence-corrected chi connectivity index (χ3v) is 4.68. The molecule has 0 aliphatic rings. The first-order valence-corrected chi connectivity index (χ1v) is 8.81. The average Bonchev–Trinajstić information content (AvgIpc) is 3.19. The average molecular weight is 363 g/mol. The minimum atomic E-state index is -0.933. The largest absolute Gasteiger partial charge is 0.465 e. The van der Waals surface area contributed by atoms with Crippen molar-refractivity contribution in [1.29, 1.82) is 0 Å². The van der Waals surface area contributed by atoms with Crippen LogP contribution in [0, 0.1) is 13.8 Å². The second-order valence-corrected chi connectivity index (χ2v) is 6.52. The highest BCUT2D eigenvalue weighted by molar-refractivity contribution is 7.07. The summed E-state index contributed by atoms with van der Waals surface area (Å²) in [5.41, 5.74) is 2.71. The van der Waals surface area contributed by atoms with Crippen LogP contribution < -0.4 is 0 Å². The van der Waals surface area contributed by atoms with E-state index in [1.54, 1.807) is 25.2 Å². The summed E-state index contributed by atoms with van der Waals surface area (Å²) in [6.45, 7) is 4.87. The molecule has 0 spiro atoms. The number of thiophene rings is 1. The Morgan fingerprint density at radius 2 is 2.00 bits per heavy atom. The van der Waals surface area contributed by atoms with Crippen LogP contribution in [-0.4, -0.2) is 35.9 Å². The number of Topliss-reactive ketones (excluding diaryl/α,β-unsaturated/α-hetero) is 1.